The first-order valence-corrected chi connectivity index (χ1v) is 9.35. The number of carboxylic acid groups (broad SMARTS) is 1. The maximum atomic E-state index is 12.8. The highest BCUT2D eigenvalue weighted by atomic mass is 16.3. The maximum absolute atomic E-state index is 12.8. The SMILES string of the molecule is Nc1nc(-c2ccc(C(=O)N3CCC(c4ccn[nH]4)CC3)cc2)cc(=O)[nH]1.O=CO. The monoisotopic (exact) mass is 410 g/mol. The van der Waals surface area contributed by atoms with Crippen LogP contribution in [0.1, 0.15) is 34.8 Å². The lowest BCUT2D eigenvalue weighted by atomic mass is 9.93. The average molecular weight is 410 g/mol. The van der Waals surface area contributed by atoms with E-state index in [-0.39, 0.29) is 23.9 Å². The smallest absolute Gasteiger partial charge is 0.290 e. The van der Waals surface area contributed by atoms with E-state index in [0.29, 0.717) is 17.2 Å². The van der Waals surface area contributed by atoms with Gasteiger partial charge in [0.15, 0.2) is 0 Å². The van der Waals surface area contributed by atoms with Crippen molar-refractivity contribution in [1.82, 2.24) is 25.1 Å². The summed E-state index contributed by atoms with van der Waals surface area (Å²) in [6, 6.07) is 10.5. The van der Waals surface area contributed by atoms with Crippen molar-refractivity contribution in [2.24, 2.45) is 0 Å². The van der Waals surface area contributed by atoms with Crippen LogP contribution in [0.5, 0.6) is 0 Å². The number of likely N-dealkylation sites (tertiary alicyclic amines) is 1. The molecule has 10 heteroatoms. The molecule has 1 fully saturated rings. The lowest BCUT2D eigenvalue weighted by Gasteiger charge is -2.31. The van der Waals surface area contributed by atoms with Crippen molar-refractivity contribution in [3.63, 3.8) is 0 Å². The van der Waals surface area contributed by atoms with Crippen LogP contribution in [0.3, 0.4) is 0 Å². The summed E-state index contributed by atoms with van der Waals surface area (Å²) >= 11 is 0. The van der Waals surface area contributed by atoms with Gasteiger partial charge in [0.25, 0.3) is 17.9 Å². The first-order chi connectivity index (χ1) is 14.5. The van der Waals surface area contributed by atoms with Crippen LogP contribution in [-0.2, 0) is 4.79 Å². The number of hydrogen-bond donors (Lipinski definition) is 4. The lowest BCUT2D eigenvalue weighted by molar-refractivity contribution is -0.122. The number of H-pyrrole nitrogens is 2. The number of rotatable bonds is 3. The van der Waals surface area contributed by atoms with E-state index in [1.165, 1.54) is 6.07 Å². The Morgan fingerprint density at radius 2 is 1.87 bits per heavy atom. The highest BCUT2D eigenvalue weighted by molar-refractivity contribution is 5.94. The molecule has 0 radical (unpaired) electrons. The third-order valence-electron chi connectivity index (χ3n) is 4.93. The molecule has 1 aliphatic heterocycles. The number of nitrogen functional groups attached to an aromatic ring is 1. The predicted molar refractivity (Wildman–Crippen MR) is 110 cm³/mol. The number of piperidine rings is 1. The Hall–Kier alpha value is -3.95. The molecule has 1 aliphatic rings. The van der Waals surface area contributed by atoms with Crippen LogP contribution >= 0.6 is 0 Å². The van der Waals surface area contributed by atoms with Crippen molar-refractivity contribution in [2.45, 2.75) is 18.8 Å². The molecular formula is C20H22N6O4. The average Bonchev–Trinajstić information content (AvgIpc) is 3.28. The zero-order valence-electron chi connectivity index (χ0n) is 16.1. The van der Waals surface area contributed by atoms with Gasteiger partial charge in [-0.2, -0.15) is 5.10 Å². The minimum absolute atomic E-state index is 0.0167. The Morgan fingerprint density at radius 3 is 2.43 bits per heavy atom. The van der Waals surface area contributed by atoms with Crippen LogP contribution in [0.2, 0.25) is 0 Å². The van der Waals surface area contributed by atoms with Gasteiger partial charge in [0, 0.05) is 48.1 Å². The number of hydrogen-bond acceptors (Lipinski definition) is 6. The molecule has 3 aromatic rings. The van der Waals surface area contributed by atoms with E-state index >= 15 is 0 Å². The Balaban J connectivity index is 0.000000806. The molecule has 30 heavy (non-hydrogen) atoms. The number of nitrogens with one attached hydrogen (secondary N) is 2. The van der Waals surface area contributed by atoms with E-state index in [1.54, 1.807) is 30.5 Å². The molecular weight excluding hydrogens is 388 g/mol. The highest BCUT2D eigenvalue weighted by Gasteiger charge is 2.25. The van der Waals surface area contributed by atoms with Crippen LogP contribution in [0.4, 0.5) is 5.95 Å². The minimum atomic E-state index is -0.308. The Bertz CT molecular complexity index is 1040. The normalized spacial score (nSPS) is 13.9. The van der Waals surface area contributed by atoms with E-state index in [9.17, 15) is 9.59 Å². The fraction of sp³-hybridized carbons (Fsp3) is 0.250. The second-order valence-electron chi connectivity index (χ2n) is 6.78. The quantitative estimate of drug-likeness (QED) is 0.476. The summed E-state index contributed by atoms with van der Waals surface area (Å²) in [7, 11) is 0. The van der Waals surface area contributed by atoms with Crippen LogP contribution < -0.4 is 11.3 Å². The van der Waals surface area contributed by atoms with Gasteiger partial charge >= 0.3 is 0 Å². The molecule has 3 heterocycles. The summed E-state index contributed by atoms with van der Waals surface area (Å²) in [6.45, 7) is 1.19. The lowest BCUT2D eigenvalue weighted by Crippen LogP contribution is -2.38. The Labute approximate surface area is 171 Å². The largest absolute Gasteiger partial charge is 0.483 e. The summed E-state index contributed by atoms with van der Waals surface area (Å²) in [4.78, 5) is 41.1. The van der Waals surface area contributed by atoms with Crippen molar-refractivity contribution in [3.8, 4) is 11.3 Å². The number of nitrogens with two attached hydrogens (primary N) is 1. The molecule has 0 unspecified atom stereocenters. The van der Waals surface area contributed by atoms with E-state index in [1.807, 2.05) is 11.0 Å². The number of anilines is 1. The number of carbonyl (C=O) groups is 2. The minimum Gasteiger partial charge on any atom is -0.483 e. The molecule has 5 N–H and O–H groups in total. The molecule has 0 bridgehead atoms. The van der Waals surface area contributed by atoms with Gasteiger partial charge in [-0.15, -0.1) is 0 Å². The van der Waals surface area contributed by atoms with Gasteiger partial charge in [0.1, 0.15) is 0 Å². The van der Waals surface area contributed by atoms with Gasteiger partial charge in [0.05, 0.1) is 5.69 Å². The number of carbonyl (C=O) groups excluding carboxylic acids is 1. The molecule has 0 aliphatic carbocycles. The molecule has 156 valence electrons. The van der Waals surface area contributed by atoms with Gasteiger partial charge in [0.2, 0.25) is 5.95 Å². The van der Waals surface area contributed by atoms with E-state index in [2.05, 4.69) is 20.2 Å². The molecule has 4 rings (SSSR count). The highest BCUT2D eigenvalue weighted by Crippen LogP contribution is 2.27. The number of benzene rings is 1. The molecule has 1 saturated heterocycles. The first-order valence-electron chi connectivity index (χ1n) is 9.35. The third-order valence-corrected chi connectivity index (χ3v) is 4.93. The van der Waals surface area contributed by atoms with Crippen LogP contribution in [0, 0.1) is 0 Å². The number of aromatic amines is 2. The summed E-state index contributed by atoms with van der Waals surface area (Å²) in [5.41, 5.74) is 8.25. The van der Waals surface area contributed by atoms with Crippen molar-refractivity contribution in [3.05, 3.63) is 64.2 Å². The van der Waals surface area contributed by atoms with Crippen molar-refractivity contribution >= 4 is 18.3 Å². The summed E-state index contributed by atoms with van der Waals surface area (Å²) in [6.07, 6.45) is 3.60. The van der Waals surface area contributed by atoms with E-state index in [0.717, 1.165) is 37.2 Å². The molecule has 10 nitrogen and oxygen atoms in total. The number of nitrogens with zero attached hydrogens (tertiary/aromatic N) is 3. The van der Waals surface area contributed by atoms with Crippen LogP contribution in [-0.4, -0.2) is 55.6 Å². The zero-order chi connectivity index (χ0) is 21.5. The Morgan fingerprint density at radius 1 is 1.20 bits per heavy atom. The zero-order valence-corrected chi connectivity index (χ0v) is 16.1. The van der Waals surface area contributed by atoms with Crippen LogP contribution in [0.15, 0.2) is 47.4 Å². The number of amides is 1. The van der Waals surface area contributed by atoms with Gasteiger partial charge in [-0.1, -0.05) is 12.1 Å². The fourth-order valence-electron chi connectivity index (χ4n) is 3.48. The maximum Gasteiger partial charge on any atom is 0.290 e. The molecule has 1 aromatic carbocycles. The Kier molecular flexibility index (Phi) is 6.58. The summed E-state index contributed by atoms with van der Waals surface area (Å²) in [5.74, 6) is 0.507. The standard InChI is InChI=1S/C19H20N6O2.CH2O2/c20-19-22-16(11-17(26)23-19)12-1-3-14(4-2-12)18(27)25-9-6-13(7-10-25)15-5-8-21-24-15;2-1-3/h1-5,8,11,13H,6-7,9-10H2,(H,21,24)(H3,20,22,23,26);1H,(H,2,3). The van der Waals surface area contributed by atoms with Crippen LogP contribution in [0.25, 0.3) is 11.3 Å². The molecule has 0 saturated carbocycles. The van der Waals surface area contributed by atoms with Crippen molar-refractivity contribution in [2.75, 3.05) is 18.8 Å². The van der Waals surface area contributed by atoms with Gasteiger partial charge in [-0.25, -0.2) is 4.98 Å². The van der Waals surface area contributed by atoms with Gasteiger partial charge in [-0.05, 0) is 31.0 Å². The third kappa shape index (κ3) is 4.90. The molecule has 1 amide bonds. The topological polar surface area (TPSA) is 158 Å². The second kappa shape index (κ2) is 9.50. The molecule has 2 aromatic heterocycles. The van der Waals surface area contributed by atoms with Gasteiger partial charge < -0.3 is 15.7 Å². The van der Waals surface area contributed by atoms with E-state index < -0.39 is 0 Å². The van der Waals surface area contributed by atoms with E-state index in [4.69, 9.17) is 15.6 Å². The van der Waals surface area contributed by atoms with Gasteiger partial charge in [-0.3, -0.25) is 24.5 Å². The fourth-order valence-corrected chi connectivity index (χ4v) is 3.48. The second-order valence-corrected chi connectivity index (χ2v) is 6.78. The molecule has 0 atom stereocenters. The predicted octanol–water partition coefficient (Wildman–Crippen LogP) is 1.46. The van der Waals surface area contributed by atoms with Crippen molar-refractivity contribution < 1.29 is 14.7 Å². The number of aromatic nitrogens is 4. The van der Waals surface area contributed by atoms with Crippen molar-refractivity contribution in [1.29, 1.82) is 0 Å². The first kappa shape index (κ1) is 20.8. The molecule has 0 spiro atoms. The summed E-state index contributed by atoms with van der Waals surface area (Å²) in [5, 5.41) is 13.9. The summed E-state index contributed by atoms with van der Waals surface area (Å²) < 4.78 is 0.